The van der Waals surface area contributed by atoms with E-state index in [0.717, 1.165) is 6.26 Å². The van der Waals surface area contributed by atoms with Crippen molar-refractivity contribution in [1.29, 1.82) is 0 Å². The predicted octanol–water partition coefficient (Wildman–Crippen LogP) is -1.16. The number of carbonyl (C=O) groups excluding carboxylic acids is 2. The molecule has 9 heteroatoms. The third-order valence-electron chi connectivity index (χ3n) is 3.81. The minimum atomic E-state index is -3.44. The summed E-state index contributed by atoms with van der Waals surface area (Å²) >= 11 is 0. The molecule has 8 nitrogen and oxygen atoms in total. The maximum atomic E-state index is 12.5. The smallest absolute Gasteiger partial charge is 0.270 e. The fourth-order valence-corrected chi connectivity index (χ4v) is 3.36. The highest BCUT2D eigenvalue weighted by molar-refractivity contribution is 7.88. The quantitative estimate of drug-likeness (QED) is 0.756. The maximum Gasteiger partial charge on any atom is 0.270 e. The van der Waals surface area contributed by atoms with Crippen LogP contribution in [0.5, 0.6) is 0 Å². The maximum absolute atomic E-state index is 12.5. The Hall–Kier alpha value is -1.87. The SMILES string of the molecule is Cn1cccc1C(=O)N1CCN(S(C)(=O)=O)C[C@H](C(N)=O)C1. The molecule has 122 valence electrons. The Morgan fingerprint density at radius 1 is 1.27 bits per heavy atom. The largest absolute Gasteiger partial charge is 0.369 e. The van der Waals surface area contributed by atoms with Crippen LogP contribution in [-0.2, 0) is 21.9 Å². The second kappa shape index (κ2) is 6.09. The van der Waals surface area contributed by atoms with Crippen molar-refractivity contribution in [2.75, 3.05) is 32.4 Å². The number of hydrogen-bond acceptors (Lipinski definition) is 4. The molecule has 1 atom stereocenters. The second-order valence-electron chi connectivity index (χ2n) is 5.48. The van der Waals surface area contributed by atoms with E-state index in [1.807, 2.05) is 0 Å². The molecular formula is C13H20N4O4S. The molecule has 1 saturated heterocycles. The lowest BCUT2D eigenvalue weighted by molar-refractivity contribution is -0.122. The summed E-state index contributed by atoms with van der Waals surface area (Å²) in [5.74, 6) is -1.57. The van der Waals surface area contributed by atoms with Gasteiger partial charge in [0.2, 0.25) is 15.9 Å². The van der Waals surface area contributed by atoms with Crippen LogP contribution in [0.1, 0.15) is 10.5 Å². The van der Waals surface area contributed by atoms with Crippen LogP contribution in [0.3, 0.4) is 0 Å². The number of amides is 2. The lowest BCUT2D eigenvalue weighted by atomic mass is 10.1. The van der Waals surface area contributed by atoms with Gasteiger partial charge in [0.25, 0.3) is 5.91 Å². The molecule has 0 spiro atoms. The minimum absolute atomic E-state index is 0.00504. The first kappa shape index (κ1) is 16.5. The van der Waals surface area contributed by atoms with Gasteiger partial charge in [-0.2, -0.15) is 4.31 Å². The summed E-state index contributed by atoms with van der Waals surface area (Å²) in [6, 6.07) is 3.43. The Morgan fingerprint density at radius 3 is 2.45 bits per heavy atom. The fourth-order valence-electron chi connectivity index (χ4n) is 2.50. The van der Waals surface area contributed by atoms with Gasteiger partial charge < -0.3 is 15.2 Å². The van der Waals surface area contributed by atoms with Gasteiger partial charge in [0.1, 0.15) is 5.69 Å². The van der Waals surface area contributed by atoms with Gasteiger partial charge in [0.15, 0.2) is 0 Å². The summed E-state index contributed by atoms with van der Waals surface area (Å²) in [7, 11) is -1.69. The lowest BCUT2D eigenvalue weighted by Gasteiger charge is -2.22. The molecule has 0 radical (unpaired) electrons. The monoisotopic (exact) mass is 328 g/mol. The number of rotatable bonds is 3. The van der Waals surface area contributed by atoms with Crippen molar-refractivity contribution in [1.82, 2.24) is 13.8 Å². The van der Waals surface area contributed by atoms with Crippen LogP contribution in [0, 0.1) is 5.92 Å². The molecule has 0 unspecified atom stereocenters. The number of carbonyl (C=O) groups is 2. The van der Waals surface area contributed by atoms with Gasteiger partial charge in [0, 0.05) is 39.4 Å². The summed E-state index contributed by atoms with van der Waals surface area (Å²) in [6.07, 6.45) is 2.83. The van der Waals surface area contributed by atoms with Crippen molar-refractivity contribution >= 4 is 21.8 Å². The molecule has 0 aromatic carbocycles. The number of nitrogens with two attached hydrogens (primary N) is 1. The first-order valence-electron chi connectivity index (χ1n) is 6.85. The van der Waals surface area contributed by atoms with Crippen LogP contribution in [-0.4, -0.2) is 66.4 Å². The number of aryl methyl sites for hydroxylation is 1. The van der Waals surface area contributed by atoms with Gasteiger partial charge in [-0.1, -0.05) is 0 Å². The Balaban J connectivity index is 2.25. The molecule has 1 aliphatic rings. The van der Waals surface area contributed by atoms with E-state index < -0.39 is 21.8 Å². The molecule has 2 rings (SSSR count). The number of hydrogen-bond donors (Lipinski definition) is 1. The van der Waals surface area contributed by atoms with E-state index in [2.05, 4.69) is 0 Å². The van der Waals surface area contributed by atoms with E-state index in [4.69, 9.17) is 5.73 Å². The molecule has 0 aliphatic carbocycles. The molecule has 2 N–H and O–H groups in total. The number of aromatic nitrogens is 1. The van der Waals surface area contributed by atoms with E-state index in [1.54, 1.807) is 29.9 Å². The van der Waals surface area contributed by atoms with E-state index in [1.165, 1.54) is 9.21 Å². The summed E-state index contributed by atoms with van der Waals surface area (Å²) in [6.45, 7) is 0.496. The molecule has 1 aromatic rings. The number of nitrogens with zero attached hydrogens (tertiary/aromatic N) is 3. The van der Waals surface area contributed by atoms with Crippen LogP contribution in [0.15, 0.2) is 18.3 Å². The first-order chi connectivity index (χ1) is 10.2. The standard InChI is InChI=1S/C13H20N4O4S/c1-15-5-3-4-11(15)13(19)16-6-7-17(22(2,20)21)9-10(8-16)12(14)18/h3-5,10H,6-9H2,1-2H3,(H2,14,18)/t10-/m1/s1. The molecular weight excluding hydrogens is 308 g/mol. The molecule has 0 saturated carbocycles. The average Bonchev–Trinajstić information content (AvgIpc) is 2.71. The van der Waals surface area contributed by atoms with Gasteiger partial charge in [-0.3, -0.25) is 9.59 Å². The van der Waals surface area contributed by atoms with E-state index in [9.17, 15) is 18.0 Å². The van der Waals surface area contributed by atoms with Gasteiger partial charge in [-0.15, -0.1) is 0 Å². The van der Waals surface area contributed by atoms with Crippen LogP contribution >= 0.6 is 0 Å². The zero-order valence-corrected chi connectivity index (χ0v) is 13.4. The summed E-state index contributed by atoms with van der Waals surface area (Å²) in [4.78, 5) is 25.6. The molecule has 0 bridgehead atoms. The van der Waals surface area contributed by atoms with Gasteiger partial charge >= 0.3 is 0 Å². The molecule has 1 aliphatic heterocycles. The van der Waals surface area contributed by atoms with Crippen molar-refractivity contribution in [2.24, 2.45) is 18.7 Å². The van der Waals surface area contributed by atoms with Crippen LogP contribution in [0.4, 0.5) is 0 Å². The zero-order chi connectivity index (χ0) is 16.5. The zero-order valence-electron chi connectivity index (χ0n) is 12.6. The Kier molecular flexibility index (Phi) is 4.57. The normalized spacial score (nSPS) is 20.6. The Morgan fingerprint density at radius 2 is 1.95 bits per heavy atom. The molecule has 1 aromatic heterocycles. The van der Waals surface area contributed by atoms with Crippen LogP contribution in [0.25, 0.3) is 0 Å². The lowest BCUT2D eigenvalue weighted by Crippen LogP contribution is -2.41. The van der Waals surface area contributed by atoms with E-state index in [0.29, 0.717) is 5.69 Å². The van der Waals surface area contributed by atoms with Crippen molar-refractivity contribution in [3.63, 3.8) is 0 Å². The summed E-state index contributed by atoms with van der Waals surface area (Å²) in [5, 5.41) is 0. The van der Waals surface area contributed by atoms with Crippen molar-refractivity contribution < 1.29 is 18.0 Å². The average molecular weight is 328 g/mol. The topological polar surface area (TPSA) is 106 Å². The van der Waals surface area contributed by atoms with Crippen LogP contribution < -0.4 is 5.73 Å². The fraction of sp³-hybridized carbons (Fsp3) is 0.538. The Bertz CT molecular complexity index is 682. The third kappa shape index (κ3) is 3.47. The number of sulfonamides is 1. The molecule has 1 fully saturated rings. The highest BCUT2D eigenvalue weighted by Crippen LogP contribution is 2.15. The second-order valence-corrected chi connectivity index (χ2v) is 7.46. The van der Waals surface area contributed by atoms with Crippen LogP contribution in [0.2, 0.25) is 0 Å². The highest BCUT2D eigenvalue weighted by Gasteiger charge is 2.33. The first-order valence-corrected chi connectivity index (χ1v) is 8.70. The van der Waals surface area contributed by atoms with Gasteiger partial charge in [-0.25, -0.2) is 8.42 Å². The predicted molar refractivity (Wildman–Crippen MR) is 80.4 cm³/mol. The van der Waals surface area contributed by atoms with E-state index in [-0.39, 0.29) is 32.1 Å². The summed E-state index contributed by atoms with van der Waals surface area (Å²) in [5.41, 5.74) is 5.83. The van der Waals surface area contributed by atoms with Gasteiger partial charge in [0.05, 0.1) is 12.2 Å². The third-order valence-corrected chi connectivity index (χ3v) is 5.08. The van der Waals surface area contributed by atoms with Gasteiger partial charge in [-0.05, 0) is 12.1 Å². The van der Waals surface area contributed by atoms with Crippen molar-refractivity contribution in [3.8, 4) is 0 Å². The molecule has 2 amide bonds. The minimum Gasteiger partial charge on any atom is -0.369 e. The Labute approximate surface area is 129 Å². The molecule has 2 heterocycles. The highest BCUT2D eigenvalue weighted by atomic mass is 32.2. The van der Waals surface area contributed by atoms with Crippen molar-refractivity contribution in [2.45, 2.75) is 0 Å². The van der Waals surface area contributed by atoms with E-state index >= 15 is 0 Å². The number of primary amides is 1. The molecule has 22 heavy (non-hydrogen) atoms. The van der Waals surface area contributed by atoms with Crippen molar-refractivity contribution in [3.05, 3.63) is 24.0 Å². The summed E-state index contributed by atoms with van der Waals surface area (Å²) < 4.78 is 26.3.